The molecule has 1 unspecified atom stereocenters. The predicted octanol–water partition coefficient (Wildman–Crippen LogP) is 1.47. The zero-order valence-corrected chi connectivity index (χ0v) is 9.29. The number of hydrogen-bond acceptors (Lipinski definition) is 3. The average molecular weight is 217 g/mol. The summed E-state index contributed by atoms with van der Waals surface area (Å²) in [5.41, 5.74) is -0.104. The summed E-state index contributed by atoms with van der Waals surface area (Å²) in [4.78, 5) is 18.6. The summed E-state index contributed by atoms with van der Waals surface area (Å²) < 4.78 is 0. The first-order valence-corrected chi connectivity index (χ1v) is 5.50. The van der Waals surface area contributed by atoms with Crippen LogP contribution in [0.5, 0.6) is 0 Å². The highest BCUT2D eigenvalue weighted by atomic mass is 16.1. The number of anilines is 1. The van der Waals surface area contributed by atoms with E-state index >= 15 is 0 Å². The summed E-state index contributed by atoms with van der Waals surface area (Å²) in [5, 5.41) is 3.13. The Morgan fingerprint density at radius 3 is 3.12 bits per heavy atom. The van der Waals surface area contributed by atoms with Crippen LogP contribution in [0.25, 0.3) is 0 Å². The fourth-order valence-electron chi connectivity index (χ4n) is 1.58. The molecule has 0 spiro atoms. The lowest BCUT2D eigenvalue weighted by atomic mass is 10.2. The Morgan fingerprint density at radius 1 is 1.75 bits per heavy atom. The van der Waals surface area contributed by atoms with E-state index < -0.39 is 0 Å². The molecule has 4 nitrogen and oxygen atoms in total. The summed E-state index contributed by atoms with van der Waals surface area (Å²) in [6.45, 7) is 1.97. The molecule has 84 valence electrons. The van der Waals surface area contributed by atoms with Crippen LogP contribution in [0.1, 0.15) is 37.9 Å². The molecule has 0 amide bonds. The van der Waals surface area contributed by atoms with E-state index in [0.717, 1.165) is 18.7 Å². The Balaban J connectivity index is 2.14. The van der Waals surface area contributed by atoms with E-state index in [1.54, 1.807) is 0 Å². The highest BCUT2D eigenvalue weighted by Crippen LogP contribution is 2.37. The van der Waals surface area contributed by atoms with Crippen LogP contribution < -0.4 is 10.9 Å². The molecule has 4 heteroatoms. The zero-order chi connectivity index (χ0) is 11.5. The number of rotatable bonds is 4. The van der Waals surface area contributed by atoms with Gasteiger partial charge in [-0.2, -0.15) is 0 Å². The third-order valence-corrected chi connectivity index (χ3v) is 2.54. The summed E-state index contributed by atoms with van der Waals surface area (Å²) in [7, 11) is 0. The third-order valence-electron chi connectivity index (χ3n) is 2.54. The third kappa shape index (κ3) is 2.63. The fraction of sp³-hybridized carbons (Fsp3) is 0.500. The van der Waals surface area contributed by atoms with Crippen molar-refractivity contribution in [2.24, 2.45) is 0 Å². The summed E-state index contributed by atoms with van der Waals surface area (Å²) >= 11 is 0. The van der Waals surface area contributed by atoms with Crippen molar-refractivity contribution in [2.75, 3.05) is 5.32 Å². The molecule has 2 rings (SSSR count). The summed E-state index contributed by atoms with van der Waals surface area (Å²) in [6.07, 6.45) is 8.08. The number of nitrogens with one attached hydrogen (secondary N) is 2. The monoisotopic (exact) mass is 217 g/mol. The van der Waals surface area contributed by atoms with Gasteiger partial charge in [-0.25, -0.2) is 4.98 Å². The quantitative estimate of drug-likeness (QED) is 0.751. The molecule has 0 radical (unpaired) electrons. The van der Waals surface area contributed by atoms with E-state index in [9.17, 15) is 4.79 Å². The van der Waals surface area contributed by atoms with Crippen molar-refractivity contribution < 1.29 is 0 Å². The van der Waals surface area contributed by atoms with Crippen molar-refractivity contribution in [2.45, 2.75) is 38.1 Å². The van der Waals surface area contributed by atoms with Crippen molar-refractivity contribution in [1.29, 1.82) is 0 Å². The van der Waals surface area contributed by atoms with Gasteiger partial charge in [0.05, 0.1) is 0 Å². The smallest absolute Gasteiger partial charge is 0.252 e. The molecule has 1 aromatic rings. The molecule has 1 atom stereocenters. The second-order valence-corrected chi connectivity index (χ2v) is 4.24. The van der Waals surface area contributed by atoms with E-state index in [0.29, 0.717) is 18.2 Å². The molecule has 0 aromatic carbocycles. The summed E-state index contributed by atoms with van der Waals surface area (Å²) in [5.74, 6) is 4.43. The Kier molecular flexibility index (Phi) is 2.95. The van der Waals surface area contributed by atoms with E-state index in [4.69, 9.17) is 6.42 Å². The van der Waals surface area contributed by atoms with Gasteiger partial charge in [-0.15, -0.1) is 12.3 Å². The molecule has 1 fully saturated rings. The van der Waals surface area contributed by atoms with Crippen molar-refractivity contribution in [1.82, 2.24) is 9.97 Å². The fourth-order valence-corrected chi connectivity index (χ4v) is 1.58. The number of nitrogens with zero attached hydrogens (tertiary/aromatic N) is 1. The largest absolute Gasteiger partial charge is 0.366 e. The Morgan fingerprint density at radius 2 is 2.50 bits per heavy atom. The van der Waals surface area contributed by atoms with Gasteiger partial charge in [0, 0.05) is 24.4 Å². The molecule has 1 aliphatic carbocycles. The standard InChI is InChI=1S/C12H15N3O/c1-3-4-8(2)13-10-7-11(16)15-12(14-10)9-5-6-9/h1,7-9H,4-6H2,2H3,(H2,13,14,15,16). The first kappa shape index (κ1) is 10.7. The van der Waals surface area contributed by atoms with Crippen molar-refractivity contribution >= 4 is 5.82 Å². The predicted molar refractivity (Wildman–Crippen MR) is 63.4 cm³/mol. The van der Waals surface area contributed by atoms with Gasteiger partial charge in [0.1, 0.15) is 11.6 Å². The minimum atomic E-state index is -0.104. The van der Waals surface area contributed by atoms with Gasteiger partial charge < -0.3 is 10.3 Å². The topological polar surface area (TPSA) is 57.8 Å². The molecular weight excluding hydrogens is 202 g/mol. The molecule has 1 saturated carbocycles. The van der Waals surface area contributed by atoms with Crippen LogP contribution in [0.2, 0.25) is 0 Å². The normalized spacial score (nSPS) is 16.5. The second kappa shape index (κ2) is 4.40. The lowest BCUT2D eigenvalue weighted by Crippen LogP contribution is -2.19. The Labute approximate surface area is 94.5 Å². The maximum atomic E-state index is 11.4. The van der Waals surface area contributed by atoms with Gasteiger partial charge in [0.25, 0.3) is 5.56 Å². The number of H-pyrrole nitrogens is 1. The number of terminal acetylenes is 1. The number of hydrogen-bond donors (Lipinski definition) is 2. The minimum Gasteiger partial charge on any atom is -0.366 e. The van der Waals surface area contributed by atoms with E-state index in [-0.39, 0.29) is 11.6 Å². The molecule has 2 N–H and O–H groups in total. The van der Waals surface area contributed by atoms with E-state index in [1.807, 2.05) is 6.92 Å². The zero-order valence-electron chi connectivity index (χ0n) is 9.29. The highest BCUT2D eigenvalue weighted by molar-refractivity contribution is 5.35. The van der Waals surface area contributed by atoms with E-state index in [1.165, 1.54) is 6.07 Å². The molecule has 1 heterocycles. The van der Waals surface area contributed by atoms with Gasteiger partial charge in [-0.05, 0) is 19.8 Å². The van der Waals surface area contributed by atoms with Crippen LogP contribution in [0.15, 0.2) is 10.9 Å². The van der Waals surface area contributed by atoms with Crippen LogP contribution in [0.3, 0.4) is 0 Å². The van der Waals surface area contributed by atoms with Gasteiger partial charge in [-0.1, -0.05) is 0 Å². The molecule has 0 saturated heterocycles. The van der Waals surface area contributed by atoms with Crippen LogP contribution in [0.4, 0.5) is 5.82 Å². The van der Waals surface area contributed by atoms with Gasteiger partial charge in [-0.3, -0.25) is 4.79 Å². The number of aromatic amines is 1. The number of aromatic nitrogens is 2. The van der Waals surface area contributed by atoms with Crippen LogP contribution in [-0.2, 0) is 0 Å². The molecule has 16 heavy (non-hydrogen) atoms. The molecule has 0 aliphatic heterocycles. The van der Waals surface area contributed by atoms with Crippen molar-refractivity contribution in [3.05, 3.63) is 22.2 Å². The Bertz CT molecular complexity index is 468. The lowest BCUT2D eigenvalue weighted by molar-refractivity contribution is 0.809. The maximum Gasteiger partial charge on any atom is 0.252 e. The van der Waals surface area contributed by atoms with Crippen LogP contribution >= 0.6 is 0 Å². The van der Waals surface area contributed by atoms with Gasteiger partial charge in [0.2, 0.25) is 0 Å². The SMILES string of the molecule is C#CCC(C)Nc1cc(=O)[nH]c(C2CC2)n1. The molecule has 1 aliphatic rings. The highest BCUT2D eigenvalue weighted by Gasteiger charge is 2.26. The van der Waals surface area contributed by atoms with Gasteiger partial charge in [0.15, 0.2) is 0 Å². The summed E-state index contributed by atoms with van der Waals surface area (Å²) in [6, 6.07) is 1.60. The van der Waals surface area contributed by atoms with Crippen LogP contribution in [0, 0.1) is 12.3 Å². The van der Waals surface area contributed by atoms with Crippen molar-refractivity contribution in [3.8, 4) is 12.3 Å². The first-order chi connectivity index (χ1) is 7.69. The van der Waals surface area contributed by atoms with E-state index in [2.05, 4.69) is 21.2 Å². The van der Waals surface area contributed by atoms with Gasteiger partial charge >= 0.3 is 0 Å². The second-order valence-electron chi connectivity index (χ2n) is 4.24. The lowest BCUT2D eigenvalue weighted by Gasteiger charge is -2.11. The molecule has 1 aromatic heterocycles. The minimum absolute atomic E-state index is 0.104. The first-order valence-electron chi connectivity index (χ1n) is 5.50. The van der Waals surface area contributed by atoms with Crippen molar-refractivity contribution in [3.63, 3.8) is 0 Å². The molecular formula is C12H15N3O. The maximum absolute atomic E-state index is 11.4. The van der Waals surface area contributed by atoms with Crippen LogP contribution in [-0.4, -0.2) is 16.0 Å². The Hall–Kier alpha value is -1.76. The average Bonchev–Trinajstić information content (AvgIpc) is 2.99. The molecule has 0 bridgehead atoms.